The first-order valence-electron chi connectivity index (χ1n) is 5.01. The SMILES string of the molecule is O=C1CSC(=S)N1Cc1cccc(C(F)(F)F)c1. The molecule has 1 fully saturated rings. The molecule has 1 aliphatic heterocycles. The summed E-state index contributed by atoms with van der Waals surface area (Å²) < 4.78 is 38.0. The van der Waals surface area contributed by atoms with Crippen molar-refractivity contribution in [3.63, 3.8) is 0 Å². The average molecular weight is 291 g/mol. The van der Waals surface area contributed by atoms with E-state index in [2.05, 4.69) is 0 Å². The van der Waals surface area contributed by atoms with Crippen LogP contribution in [0.5, 0.6) is 0 Å². The van der Waals surface area contributed by atoms with E-state index >= 15 is 0 Å². The van der Waals surface area contributed by atoms with Gasteiger partial charge < -0.3 is 0 Å². The van der Waals surface area contributed by atoms with Crippen LogP contribution in [0.4, 0.5) is 13.2 Å². The summed E-state index contributed by atoms with van der Waals surface area (Å²) in [5.74, 6) is 0.0973. The number of benzene rings is 1. The van der Waals surface area contributed by atoms with Gasteiger partial charge >= 0.3 is 6.18 Å². The van der Waals surface area contributed by atoms with Crippen LogP contribution in [0.3, 0.4) is 0 Å². The zero-order chi connectivity index (χ0) is 13.3. The summed E-state index contributed by atoms with van der Waals surface area (Å²) >= 11 is 6.20. The molecule has 0 spiro atoms. The van der Waals surface area contributed by atoms with Crippen molar-refractivity contribution in [3.05, 3.63) is 35.4 Å². The van der Waals surface area contributed by atoms with Crippen LogP contribution in [0.1, 0.15) is 11.1 Å². The molecular weight excluding hydrogens is 283 g/mol. The summed E-state index contributed by atoms with van der Waals surface area (Å²) in [6, 6.07) is 4.92. The number of nitrogens with zero attached hydrogens (tertiary/aromatic N) is 1. The second-order valence-corrected chi connectivity index (χ2v) is 5.34. The second kappa shape index (κ2) is 4.89. The first-order valence-corrected chi connectivity index (χ1v) is 6.40. The summed E-state index contributed by atoms with van der Waals surface area (Å²) in [5.41, 5.74) is -0.298. The number of halogens is 3. The second-order valence-electron chi connectivity index (χ2n) is 3.73. The minimum Gasteiger partial charge on any atom is -0.293 e. The third kappa shape index (κ3) is 2.84. The molecule has 1 heterocycles. The smallest absolute Gasteiger partial charge is 0.293 e. The minimum atomic E-state index is -4.37. The van der Waals surface area contributed by atoms with Crippen molar-refractivity contribution in [2.75, 3.05) is 5.75 Å². The molecule has 18 heavy (non-hydrogen) atoms. The van der Waals surface area contributed by atoms with Crippen LogP contribution in [0.25, 0.3) is 0 Å². The number of alkyl halides is 3. The van der Waals surface area contributed by atoms with Crippen LogP contribution < -0.4 is 0 Å². The van der Waals surface area contributed by atoms with E-state index in [9.17, 15) is 18.0 Å². The van der Waals surface area contributed by atoms with Gasteiger partial charge in [0.05, 0.1) is 17.9 Å². The molecule has 0 N–H and O–H groups in total. The molecule has 0 radical (unpaired) electrons. The lowest BCUT2D eigenvalue weighted by molar-refractivity contribution is -0.137. The number of thioether (sulfide) groups is 1. The maximum absolute atomic E-state index is 12.5. The van der Waals surface area contributed by atoms with Crippen molar-refractivity contribution in [2.45, 2.75) is 12.7 Å². The molecule has 1 saturated heterocycles. The zero-order valence-corrected chi connectivity index (χ0v) is 10.7. The standard InChI is InChI=1S/C11H8F3NOS2/c12-11(13,14)8-3-1-2-7(4-8)5-15-9(16)6-18-10(15)17/h1-4H,5-6H2. The van der Waals surface area contributed by atoms with Gasteiger partial charge in [0.2, 0.25) is 5.91 Å². The average Bonchev–Trinajstić information content (AvgIpc) is 2.60. The number of carbonyl (C=O) groups is 1. The Kier molecular flexibility index (Phi) is 3.63. The Morgan fingerprint density at radius 2 is 2.11 bits per heavy atom. The van der Waals surface area contributed by atoms with E-state index in [1.807, 2.05) is 0 Å². The quantitative estimate of drug-likeness (QED) is 0.781. The molecule has 1 aliphatic rings. The minimum absolute atomic E-state index is 0.0919. The summed E-state index contributed by atoms with van der Waals surface area (Å²) in [5, 5.41) is 0. The molecular formula is C11H8F3NOS2. The summed E-state index contributed by atoms with van der Waals surface area (Å²) in [6.07, 6.45) is -4.37. The van der Waals surface area contributed by atoms with E-state index in [1.54, 1.807) is 6.07 Å². The molecule has 0 bridgehead atoms. The predicted molar refractivity (Wildman–Crippen MR) is 67.1 cm³/mol. The van der Waals surface area contributed by atoms with Crippen LogP contribution in [0.15, 0.2) is 24.3 Å². The van der Waals surface area contributed by atoms with Gasteiger partial charge in [-0.2, -0.15) is 13.2 Å². The molecule has 0 saturated carbocycles. The highest BCUT2D eigenvalue weighted by Gasteiger charge is 2.31. The maximum atomic E-state index is 12.5. The number of rotatable bonds is 2. The molecule has 96 valence electrons. The van der Waals surface area contributed by atoms with Crippen molar-refractivity contribution in [1.29, 1.82) is 0 Å². The van der Waals surface area contributed by atoms with Gasteiger partial charge in [-0.1, -0.05) is 36.1 Å². The Balaban J connectivity index is 2.20. The van der Waals surface area contributed by atoms with E-state index in [1.165, 1.54) is 22.7 Å². The van der Waals surface area contributed by atoms with Gasteiger partial charge in [0.15, 0.2) is 0 Å². The zero-order valence-electron chi connectivity index (χ0n) is 9.03. The lowest BCUT2D eigenvalue weighted by Gasteiger charge is -2.16. The van der Waals surface area contributed by atoms with E-state index < -0.39 is 11.7 Å². The monoisotopic (exact) mass is 291 g/mol. The largest absolute Gasteiger partial charge is 0.416 e. The Hall–Kier alpha value is -1.08. The van der Waals surface area contributed by atoms with Gasteiger partial charge in [0.25, 0.3) is 0 Å². The Bertz CT molecular complexity index is 485. The van der Waals surface area contributed by atoms with Crippen molar-refractivity contribution >= 4 is 34.2 Å². The molecule has 0 aliphatic carbocycles. The summed E-state index contributed by atoms with van der Waals surface area (Å²) in [6.45, 7) is 0.0919. The normalized spacial score (nSPS) is 16.5. The van der Waals surface area contributed by atoms with Crippen LogP contribution >= 0.6 is 24.0 Å². The van der Waals surface area contributed by atoms with Crippen LogP contribution in [-0.4, -0.2) is 20.9 Å². The topological polar surface area (TPSA) is 20.3 Å². The first kappa shape index (κ1) is 13.4. The lowest BCUT2D eigenvalue weighted by atomic mass is 10.1. The lowest BCUT2D eigenvalue weighted by Crippen LogP contribution is -2.27. The molecule has 1 amide bonds. The number of thiocarbonyl (C=S) groups is 1. The fourth-order valence-electron chi connectivity index (χ4n) is 1.56. The molecule has 0 aromatic heterocycles. The maximum Gasteiger partial charge on any atom is 0.416 e. The highest BCUT2D eigenvalue weighted by Crippen LogP contribution is 2.30. The highest BCUT2D eigenvalue weighted by molar-refractivity contribution is 8.23. The number of carbonyl (C=O) groups excluding carboxylic acids is 1. The fraction of sp³-hybridized carbons (Fsp3) is 0.273. The number of hydrogen-bond donors (Lipinski definition) is 0. The first-order chi connectivity index (χ1) is 8.38. The predicted octanol–water partition coefficient (Wildman–Crippen LogP) is 3.07. The van der Waals surface area contributed by atoms with Gasteiger partial charge in [-0.25, -0.2) is 0 Å². The van der Waals surface area contributed by atoms with E-state index in [4.69, 9.17) is 12.2 Å². The molecule has 2 nitrogen and oxygen atoms in total. The van der Waals surface area contributed by atoms with Crippen molar-refractivity contribution < 1.29 is 18.0 Å². The van der Waals surface area contributed by atoms with Crippen LogP contribution in [0.2, 0.25) is 0 Å². The van der Waals surface area contributed by atoms with Crippen LogP contribution in [0, 0.1) is 0 Å². The number of amides is 1. The summed E-state index contributed by atoms with van der Waals surface area (Å²) in [7, 11) is 0. The van der Waals surface area contributed by atoms with Gasteiger partial charge in [-0.3, -0.25) is 9.69 Å². The molecule has 0 unspecified atom stereocenters. The Morgan fingerprint density at radius 3 is 2.67 bits per heavy atom. The van der Waals surface area contributed by atoms with Gasteiger partial charge in [-0.15, -0.1) is 0 Å². The molecule has 0 atom stereocenters. The third-order valence-corrected chi connectivity index (χ3v) is 3.87. The third-order valence-electron chi connectivity index (χ3n) is 2.44. The Morgan fingerprint density at radius 1 is 1.39 bits per heavy atom. The van der Waals surface area contributed by atoms with Gasteiger partial charge in [-0.05, 0) is 17.7 Å². The Labute approximate surface area is 111 Å². The van der Waals surface area contributed by atoms with Crippen LogP contribution in [-0.2, 0) is 17.5 Å². The van der Waals surface area contributed by atoms with E-state index in [-0.39, 0.29) is 18.2 Å². The fourth-order valence-corrected chi connectivity index (χ4v) is 2.63. The molecule has 1 aromatic rings. The summed E-state index contributed by atoms with van der Waals surface area (Å²) in [4.78, 5) is 12.8. The van der Waals surface area contributed by atoms with Crippen molar-refractivity contribution in [1.82, 2.24) is 4.90 Å². The van der Waals surface area contributed by atoms with Crippen molar-refractivity contribution in [2.24, 2.45) is 0 Å². The number of hydrogen-bond acceptors (Lipinski definition) is 3. The molecule has 7 heteroatoms. The molecule has 2 rings (SSSR count). The highest BCUT2D eigenvalue weighted by atomic mass is 32.2. The molecule has 1 aromatic carbocycles. The van der Waals surface area contributed by atoms with E-state index in [0.717, 1.165) is 12.1 Å². The van der Waals surface area contributed by atoms with Gasteiger partial charge in [0, 0.05) is 0 Å². The van der Waals surface area contributed by atoms with E-state index in [0.29, 0.717) is 9.88 Å². The van der Waals surface area contributed by atoms with Gasteiger partial charge in [0.1, 0.15) is 4.32 Å². The van der Waals surface area contributed by atoms with Crippen molar-refractivity contribution in [3.8, 4) is 0 Å².